The molecular weight excluding hydrogens is 237 g/mol. The molecule has 0 unspecified atom stereocenters. The Balaban J connectivity index is 2.46. The Kier molecular flexibility index (Phi) is 3.07. The van der Waals surface area contributed by atoms with E-state index in [1.165, 1.54) is 17.4 Å². The Morgan fingerprint density at radius 3 is 2.87 bits per heavy atom. The van der Waals surface area contributed by atoms with Crippen molar-refractivity contribution in [1.82, 2.24) is 4.98 Å². The summed E-state index contributed by atoms with van der Waals surface area (Å²) in [5.41, 5.74) is 0.799. The normalized spacial score (nSPS) is 10.9. The van der Waals surface area contributed by atoms with E-state index in [0.29, 0.717) is 16.5 Å². The first kappa shape index (κ1) is 10.6. The van der Waals surface area contributed by atoms with Crippen molar-refractivity contribution in [3.05, 3.63) is 28.7 Å². The van der Waals surface area contributed by atoms with E-state index in [4.69, 9.17) is 16.0 Å². The predicted octanol–water partition coefficient (Wildman–Crippen LogP) is 3.84. The third-order valence-electron chi connectivity index (χ3n) is 2.05. The van der Waals surface area contributed by atoms with Crippen LogP contribution < -0.4 is 0 Å². The van der Waals surface area contributed by atoms with Crippen LogP contribution in [0.2, 0.25) is 0 Å². The molecule has 80 valence electrons. The van der Waals surface area contributed by atoms with Gasteiger partial charge in [0.1, 0.15) is 16.5 Å². The van der Waals surface area contributed by atoms with Gasteiger partial charge in [-0.1, -0.05) is 6.92 Å². The summed E-state index contributed by atoms with van der Waals surface area (Å²) in [6.45, 7) is 1.96. The maximum atomic E-state index is 13.3. The molecule has 5 heteroatoms. The number of alkyl halides is 1. The van der Waals surface area contributed by atoms with E-state index in [1.54, 1.807) is 5.38 Å². The smallest absolute Gasteiger partial charge is 0.239 e. The summed E-state index contributed by atoms with van der Waals surface area (Å²) in [7, 11) is 0. The average molecular weight is 246 g/mol. The third kappa shape index (κ3) is 1.92. The first-order valence-corrected chi connectivity index (χ1v) is 5.95. The Morgan fingerprint density at radius 1 is 1.60 bits per heavy atom. The highest BCUT2D eigenvalue weighted by molar-refractivity contribution is 7.13. The summed E-state index contributed by atoms with van der Waals surface area (Å²) in [5, 5.41) is 1.67. The van der Waals surface area contributed by atoms with Gasteiger partial charge < -0.3 is 4.42 Å². The Morgan fingerprint density at radius 2 is 2.40 bits per heavy atom. The Hall–Kier alpha value is -0.870. The average Bonchev–Trinajstić information content (AvgIpc) is 2.82. The van der Waals surface area contributed by atoms with Gasteiger partial charge in [0, 0.05) is 0 Å². The molecule has 0 amide bonds. The monoisotopic (exact) mass is 245 g/mol. The van der Waals surface area contributed by atoms with Crippen molar-refractivity contribution in [2.75, 3.05) is 0 Å². The van der Waals surface area contributed by atoms with E-state index in [2.05, 4.69) is 4.98 Å². The van der Waals surface area contributed by atoms with Gasteiger partial charge in [-0.3, -0.25) is 0 Å². The van der Waals surface area contributed by atoms with Gasteiger partial charge in [-0.15, -0.1) is 22.9 Å². The molecule has 0 aliphatic carbocycles. The van der Waals surface area contributed by atoms with Gasteiger partial charge in [-0.05, 0) is 17.9 Å². The Bertz CT molecular complexity index is 444. The second-order valence-corrected chi connectivity index (χ2v) is 4.16. The van der Waals surface area contributed by atoms with Crippen LogP contribution in [0.3, 0.4) is 0 Å². The minimum Gasteiger partial charge on any atom is -0.439 e. The summed E-state index contributed by atoms with van der Waals surface area (Å²) in [4.78, 5) is 4.65. The van der Waals surface area contributed by atoms with Crippen LogP contribution >= 0.6 is 22.9 Å². The highest BCUT2D eigenvalue weighted by atomic mass is 35.5. The van der Waals surface area contributed by atoms with E-state index in [1.807, 2.05) is 6.92 Å². The van der Waals surface area contributed by atoms with Gasteiger partial charge >= 0.3 is 0 Å². The lowest BCUT2D eigenvalue weighted by Crippen LogP contribution is -1.84. The zero-order chi connectivity index (χ0) is 10.8. The van der Waals surface area contributed by atoms with Crippen LogP contribution in [0.25, 0.3) is 10.8 Å². The number of hydrogen-bond acceptors (Lipinski definition) is 3. The molecule has 0 N–H and O–H groups in total. The maximum absolute atomic E-state index is 13.3. The summed E-state index contributed by atoms with van der Waals surface area (Å²) in [6.07, 6.45) is 0.735. The lowest BCUT2D eigenvalue weighted by Gasteiger charge is -1.89. The van der Waals surface area contributed by atoms with Crippen molar-refractivity contribution in [2.24, 2.45) is 0 Å². The largest absolute Gasteiger partial charge is 0.439 e. The molecule has 0 aliphatic heterocycles. The fourth-order valence-electron chi connectivity index (χ4n) is 1.31. The van der Waals surface area contributed by atoms with Crippen LogP contribution in [0.15, 0.2) is 15.9 Å². The first-order chi connectivity index (χ1) is 7.26. The number of halogens is 2. The van der Waals surface area contributed by atoms with Gasteiger partial charge in [0.05, 0.1) is 11.6 Å². The van der Waals surface area contributed by atoms with E-state index in [9.17, 15) is 4.39 Å². The molecule has 0 aromatic carbocycles. The van der Waals surface area contributed by atoms with Crippen molar-refractivity contribution in [3.63, 3.8) is 0 Å². The lowest BCUT2D eigenvalue weighted by atomic mass is 10.3. The van der Waals surface area contributed by atoms with Crippen molar-refractivity contribution < 1.29 is 8.81 Å². The predicted molar refractivity (Wildman–Crippen MR) is 58.7 cm³/mol. The standard InChI is InChI=1S/C10H9ClFNOS/c1-2-7-8(5-11)14-10(13-7)9-6(12)3-4-15-9/h3-4H,2,5H2,1H3. The van der Waals surface area contributed by atoms with E-state index in [-0.39, 0.29) is 11.7 Å². The summed E-state index contributed by atoms with van der Waals surface area (Å²) >= 11 is 6.97. The van der Waals surface area contributed by atoms with E-state index in [0.717, 1.165) is 12.1 Å². The van der Waals surface area contributed by atoms with Crippen LogP contribution in [-0.4, -0.2) is 4.98 Å². The second kappa shape index (κ2) is 4.33. The SMILES string of the molecule is CCc1nc(-c2sccc2F)oc1CCl. The van der Waals surface area contributed by atoms with Gasteiger partial charge in [0.2, 0.25) is 5.89 Å². The first-order valence-electron chi connectivity index (χ1n) is 4.54. The zero-order valence-corrected chi connectivity index (χ0v) is 9.66. The van der Waals surface area contributed by atoms with Crippen LogP contribution in [-0.2, 0) is 12.3 Å². The number of rotatable bonds is 3. The number of aryl methyl sites for hydroxylation is 1. The maximum Gasteiger partial charge on any atom is 0.239 e. The molecular formula is C10H9ClFNOS. The fraction of sp³-hybridized carbons (Fsp3) is 0.300. The van der Waals surface area contributed by atoms with Crippen LogP contribution in [0.4, 0.5) is 4.39 Å². The van der Waals surface area contributed by atoms with Crippen molar-refractivity contribution in [3.8, 4) is 10.8 Å². The topological polar surface area (TPSA) is 26.0 Å². The van der Waals surface area contributed by atoms with Crippen LogP contribution in [0, 0.1) is 5.82 Å². The molecule has 0 bridgehead atoms. The Labute approximate surface area is 95.7 Å². The molecule has 2 aromatic heterocycles. The molecule has 2 heterocycles. The van der Waals surface area contributed by atoms with Gasteiger partial charge in [-0.2, -0.15) is 0 Å². The summed E-state index contributed by atoms with van der Waals surface area (Å²) in [5.74, 6) is 0.922. The minimum atomic E-state index is -0.301. The number of oxazole rings is 1. The zero-order valence-electron chi connectivity index (χ0n) is 8.09. The molecule has 0 radical (unpaired) electrons. The molecule has 0 spiro atoms. The third-order valence-corrected chi connectivity index (χ3v) is 3.17. The van der Waals surface area contributed by atoms with Gasteiger partial charge in [0.25, 0.3) is 0 Å². The van der Waals surface area contributed by atoms with Crippen molar-refractivity contribution in [2.45, 2.75) is 19.2 Å². The molecule has 2 aromatic rings. The minimum absolute atomic E-state index is 0.267. The van der Waals surface area contributed by atoms with E-state index < -0.39 is 0 Å². The molecule has 0 aliphatic rings. The second-order valence-electron chi connectivity index (χ2n) is 2.97. The molecule has 0 atom stereocenters. The molecule has 2 nitrogen and oxygen atoms in total. The molecule has 0 saturated carbocycles. The number of thiophene rings is 1. The molecule has 15 heavy (non-hydrogen) atoms. The van der Waals surface area contributed by atoms with Crippen molar-refractivity contribution >= 4 is 22.9 Å². The van der Waals surface area contributed by atoms with Crippen LogP contribution in [0.1, 0.15) is 18.4 Å². The number of aromatic nitrogens is 1. The quantitative estimate of drug-likeness (QED) is 0.768. The fourth-order valence-corrected chi connectivity index (χ4v) is 2.21. The molecule has 0 saturated heterocycles. The summed E-state index contributed by atoms with van der Waals surface area (Å²) < 4.78 is 18.7. The molecule has 0 fully saturated rings. The van der Waals surface area contributed by atoms with Crippen molar-refractivity contribution in [1.29, 1.82) is 0 Å². The van der Waals surface area contributed by atoms with Crippen LogP contribution in [0.5, 0.6) is 0 Å². The summed E-state index contributed by atoms with van der Waals surface area (Å²) in [6, 6.07) is 1.40. The van der Waals surface area contributed by atoms with Gasteiger partial charge in [-0.25, -0.2) is 9.37 Å². The highest BCUT2D eigenvalue weighted by Crippen LogP contribution is 2.29. The number of nitrogens with zero attached hydrogens (tertiary/aromatic N) is 1. The molecule has 2 rings (SSSR count). The van der Waals surface area contributed by atoms with E-state index >= 15 is 0 Å². The number of hydrogen-bond donors (Lipinski definition) is 0. The lowest BCUT2D eigenvalue weighted by molar-refractivity contribution is 0.530. The van der Waals surface area contributed by atoms with Gasteiger partial charge in [0.15, 0.2) is 0 Å². The highest BCUT2D eigenvalue weighted by Gasteiger charge is 2.16.